The van der Waals surface area contributed by atoms with Gasteiger partial charge in [0.05, 0.1) is 11.0 Å². The Bertz CT molecular complexity index is 792. The van der Waals surface area contributed by atoms with E-state index in [0.29, 0.717) is 5.52 Å². The maximum Gasteiger partial charge on any atom is 0.316 e. The van der Waals surface area contributed by atoms with Crippen molar-refractivity contribution in [1.29, 1.82) is 0 Å². The molecule has 0 aliphatic heterocycles. The van der Waals surface area contributed by atoms with E-state index < -0.39 is 16.9 Å². The Kier molecular flexibility index (Phi) is 4.21. The second-order valence-electron chi connectivity index (χ2n) is 5.02. The third-order valence-electron chi connectivity index (χ3n) is 3.10. The lowest BCUT2D eigenvalue weighted by molar-refractivity contribution is -0.124. The first-order chi connectivity index (χ1) is 9.90. The highest BCUT2D eigenvalue weighted by molar-refractivity contribution is 5.78. The number of hydrogen-bond donors (Lipinski definition) is 2. The average molecular weight is 293 g/mol. The summed E-state index contributed by atoms with van der Waals surface area (Å²) < 4.78 is 14.4. The highest BCUT2D eigenvalue weighted by atomic mass is 19.1. The van der Waals surface area contributed by atoms with Crippen LogP contribution in [0.15, 0.2) is 27.8 Å². The SMILES string of the molecule is CC(C)C(=O)NCCn1c(=O)c(=O)[nH]c2cc(F)ccc21. The number of H-pyrrole nitrogens is 1. The predicted octanol–water partition coefficient (Wildman–Crippen LogP) is 0.601. The number of aromatic nitrogens is 2. The molecule has 2 aromatic rings. The fraction of sp³-hybridized carbons (Fsp3) is 0.357. The molecule has 1 aromatic carbocycles. The molecule has 2 N–H and O–H groups in total. The summed E-state index contributed by atoms with van der Waals surface area (Å²) in [7, 11) is 0. The minimum atomic E-state index is -0.816. The van der Waals surface area contributed by atoms with Crippen molar-refractivity contribution in [2.45, 2.75) is 20.4 Å². The van der Waals surface area contributed by atoms with Gasteiger partial charge in [0.15, 0.2) is 0 Å². The predicted molar refractivity (Wildman–Crippen MR) is 76.6 cm³/mol. The molecule has 0 atom stereocenters. The summed E-state index contributed by atoms with van der Waals surface area (Å²) in [6.07, 6.45) is 0. The van der Waals surface area contributed by atoms with Gasteiger partial charge in [0.2, 0.25) is 5.91 Å². The zero-order valence-electron chi connectivity index (χ0n) is 11.8. The van der Waals surface area contributed by atoms with Crippen LogP contribution in [0.2, 0.25) is 0 Å². The summed E-state index contributed by atoms with van der Waals surface area (Å²) in [5.74, 6) is -0.800. The van der Waals surface area contributed by atoms with Gasteiger partial charge in [-0.15, -0.1) is 0 Å². The lowest BCUT2D eigenvalue weighted by atomic mass is 10.2. The van der Waals surface area contributed by atoms with Crippen LogP contribution in [0.3, 0.4) is 0 Å². The molecule has 0 unspecified atom stereocenters. The van der Waals surface area contributed by atoms with Crippen LogP contribution in [-0.4, -0.2) is 22.0 Å². The molecule has 2 rings (SSSR count). The standard InChI is InChI=1S/C14H16FN3O3/c1-8(2)12(19)16-5-6-18-11-4-3-9(15)7-10(11)17-13(20)14(18)21/h3-4,7-8H,5-6H2,1-2H3,(H,16,19)(H,17,20). The van der Waals surface area contributed by atoms with Crippen LogP contribution in [-0.2, 0) is 11.3 Å². The number of hydrogen-bond acceptors (Lipinski definition) is 3. The van der Waals surface area contributed by atoms with Gasteiger partial charge >= 0.3 is 11.1 Å². The van der Waals surface area contributed by atoms with Crippen molar-refractivity contribution in [2.24, 2.45) is 5.92 Å². The van der Waals surface area contributed by atoms with E-state index in [0.717, 1.165) is 6.07 Å². The van der Waals surface area contributed by atoms with Gasteiger partial charge in [-0.25, -0.2) is 4.39 Å². The van der Waals surface area contributed by atoms with E-state index >= 15 is 0 Å². The van der Waals surface area contributed by atoms with E-state index in [2.05, 4.69) is 10.3 Å². The summed E-state index contributed by atoms with van der Waals surface area (Å²) in [5, 5.41) is 2.67. The molecule has 1 aromatic heterocycles. The first-order valence-electron chi connectivity index (χ1n) is 6.60. The molecule has 1 amide bonds. The van der Waals surface area contributed by atoms with Crippen molar-refractivity contribution in [3.05, 3.63) is 44.7 Å². The number of nitrogens with zero attached hydrogens (tertiary/aromatic N) is 1. The largest absolute Gasteiger partial charge is 0.354 e. The van der Waals surface area contributed by atoms with Crippen molar-refractivity contribution < 1.29 is 9.18 Å². The van der Waals surface area contributed by atoms with Gasteiger partial charge < -0.3 is 14.9 Å². The number of rotatable bonds is 4. The fourth-order valence-electron chi connectivity index (χ4n) is 1.97. The van der Waals surface area contributed by atoms with Crippen LogP contribution in [0.1, 0.15) is 13.8 Å². The van der Waals surface area contributed by atoms with E-state index in [4.69, 9.17) is 0 Å². The molecule has 0 fully saturated rings. The summed E-state index contributed by atoms with van der Waals surface area (Å²) in [4.78, 5) is 37.3. The molecule has 0 saturated heterocycles. The number of aromatic amines is 1. The summed E-state index contributed by atoms with van der Waals surface area (Å²) in [6.45, 7) is 3.87. The van der Waals surface area contributed by atoms with Crippen molar-refractivity contribution in [1.82, 2.24) is 14.9 Å². The van der Waals surface area contributed by atoms with Crippen LogP contribution in [0.25, 0.3) is 11.0 Å². The molecular formula is C14H16FN3O3. The zero-order chi connectivity index (χ0) is 15.6. The number of carbonyl (C=O) groups is 1. The van der Waals surface area contributed by atoms with E-state index in [1.165, 1.54) is 16.7 Å². The number of nitrogens with one attached hydrogen (secondary N) is 2. The van der Waals surface area contributed by atoms with Crippen LogP contribution >= 0.6 is 0 Å². The minimum absolute atomic E-state index is 0.136. The average Bonchev–Trinajstić information content (AvgIpc) is 2.42. The van der Waals surface area contributed by atoms with Gasteiger partial charge in [0, 0.05) is 19.0 Å². The smallest absolute Gasteiger partial charge is 0.316 e. The first-order valence-corrected chi connectivity index (χ1v) is 6.60. The van der Waals surface area contributed by atoms with Crippen molar-refractivity contribution >= 4 is 16.9 Å². The Morgan fingerprint density at radius 1 is 1.38 bits per heavy atom. The monoisotopic (exact) mass is 293 g/mol. The minimum Gasteiger partial charge on any atom is -0.354 e. The summed E-state index contributed by atoms with van der Waals surface area (Å²) in [6, 6.07) is 3.79. The topological polar surface area (TPSA) is 84.0 Å². The van der Waals surface area contributed by atoms with Gasteiger partial charge in [0.25, 0.3) is 0 Å². The Morgan fingerprint density at radius 2 is 2.10 bits per heavy atom. The number of benzene rings is 1. The van der Waals surface area contributed by atoms with Gasteiger partial charge in [-0.05, 0) is 18.2 Å². The maximum atomic E-state index is 13.2. The first kappa shape index (κ1) is 15.0. The molecular weight excluding hydrogens is 277 g/mol. The van der Waals surface area contributed by atoms with Crippen LogP contribution in [0, 0.1) is 11.7 Å². The molecule has 0 saturated carbocycles. The van der Waals surface area contributed by atoms with Crippen molar-refractivity contribution in [3.63, 3.8) is 0 Å². The third-order valence-corrected chi connectivity index (χ3v) is 3.10. The van der Waals surface area contributed by atoms with E-state index in [1.807, 2.05) is 0 Å². The Morgan fingerprint density at radius 3 is 2.76 bits per heavy atom. The molecule has 0 aliphatic carbocycles. The molecule has 7 heteroatoms. The quantitative estimate of drug-likeness (QED) is 0.810. The zero-order valence-corrected chi connectivity index (χ0v) is 11.8. The van der Waals surface area contributed by atoms with Crippen LogP contribution in [0.5, 0.6) is 0 Å². The molecule has 112 valence electrons. The number of fused-ring (bicyclic) bond motifs is 1. The highest BCUT2D eigenvalue weighted by Crippen LogP contribution is 2.10. The van der Waals surface area contributed by atoms with E-state index in [9.17, 15) is 18.8 Å². The van der Waals surface area contributed by atoms with Crippen molar-refractivity contribution in [2.75, 3.05) is 6.54 Å². The molecule has 21 heavy (non-hydrogen) atoms. The molecule has 6 nitrogen and oxygen atoms in total. The Hall–Kier alpha value is -2.44. The highest BCUT2D eigenvalue weighted by Gasteiger charge is 2.10. The van der Waals surface area contributed by atoms with Crippen LogP contribution in [0.4, 0.5) is 4.39 Å². The number of amides is 1. The molecule has 1 heterocycles. The van der Waals surface area contributed by atoms with Crippen LogP contribution < -0.4 is 16.4 Å². The third kappa shape index (κ3) is 3.18. The second kappa shape index (κ2) is 5.90. The van der Waals surface area contributed by atoms with Gasteiger partial charge in [0.1, 0.15) is 5.82 Å². The van der Waals surface area contributed by atoms with E-state index in [1.54, 1.807) is 13.8 Å². The lowest BCUT2D eigenvalue weighted by Crippen LogP contribution is -2.39. The van der Waals surface area contributed by atoms with Gasteiger partial charge in [-0.1, -0.05) is 13.8 Å². The lowest BCUT2D eigenvalue weighted by Gasteiger charge is -2.11. The normalized spacial score (nSPS) is 11.0. The maximum absolute atomic E-state index is 13.2. The van der Waals surface area contributed by atoms with Gasteiger partial charge in [-0.3, -0.25) is 14.4 Å². The number of halogens is 1. The molecule has 0 radical (unpaired) electrons. The van der Waals surface area contributed by atoms with E-state index in [-0.39, 0.29) is 30.4 Å². The van der Waals surface area contributed by atoms with Gasteiger partial charge in [-0.2, -0.15) is 0 Å². The Balaban J connectivity index is 2.34. The summed E-state index contributed by atoms with van der Waals surface area (Å²) in [5.41, 5.74) is -0.884. The molecule has 0 spiro atoms. The number of carbonyl (C=O) groups excluding carboxylic acids is 1. The second-order valence-corrected chi connectivity index (χ2v) is 5.02. The molecule has 0 bridgehead atoms. The summed E-state index contributed by atoms with van der Waals surface area (Å²) >= 11 is 0. The molecule has 0 aliphatic rings. The van der Waals surface area contributed by atoms with Crippen molar-refractivity contribution in [3.8, 4) is 0 Å². The Labute approximate surface area is 119 Å². The fourth-order valence-corrected chi connectivity index (χ4v) is 1.97.